The molecule has 1 fully saturated rings. The molecular formula is C18H17ClF2N2O4S. The van der Waals surface area contributed by atoms with E-state index >= 15 is 0 Å². The highest BCUT2D eigenvalue weighted by atomic mass is 35.5. The number of rotatable bonds is 8. The lowest BCUT2D eigenvalue weighted by Crippen LogP contribution is -2.26. The first-order chi connectivity index (χ1) is 13.2. The highest BCUT2D eigenvalue weighted by molar-refractivity contribution is 7.89. The van der Waals surface area contributed by atoms with Gasteiger partial charge in [-0.15, -0.1) is 0 Å². The Bertz CT molecular complexity index is 981. The second-order valence-electron chi connectivity index (χ2n) is 6.30. The molecule has 0 unspecified atom stereocenters. The van der Waals surface area contributed by atoms with Gasteiger partial charge >= 0.3 is 6.61 Å². The van der Waals surface area contributed by atoms with Crippen molar-refractivity contribution in [3.63, 3.8) is 0 Å². The van der Waals surface area contributed by atoms with Crippen molar-refractivity contribution in [2.24, 2.45) is 5.92 Å². The third-order valence-corrected chi connectivity index (χ3v) is 5.79. The van der Waals surface area contributed by atoms with E-state index in [-0.39, 0.29) is 26.9 Å². The van der Waals surface area contributed by atoms with Crippen molar-refractivity contribution >= 4 is 33.2 Å². The molecule has 6 nitrogen and oxygen atoms in total. The fraction of sp³-hybridized carbons (Fsp3) is 0.278. The minimum absolute atomic E-state index is 0.0143. The molecule has 0 bridgehead atoms. The summed E-state index contributed by atoms with van der Waals surface area (Å²) in [7, 11) is -3.71. The Morgan fingerprint density at radius 3 is 2.61 bits per heavy atom. The Morgan fingerprint density at radius 2 is 1.96 bits per heavy atom. The van der Waals surface area contributed by atoms with Crippen molar-refractivity contribution in [1.29, 1.82) is 0 Å². The average molecular weight is 431 g/mol. The molecule has 0 spiro atoms. The van der Waals surface area contributed by atoms with Gasteiger partial charge in [0.15, 0.2) is 0 Å². The number of nitrogens with one attached hydrogen (secondary N) is 2. The van der Waals surface area contributed by atoms with Crippen molar-refractivity contribution in [3.05, 3.63) is 53.1 Å². The lowest BCUT2D eigenvalue weighted by atomic mass is 10.2. The molecule has 0 aromatic heterocycles. The number of benzene rings is 2. The normalized spacial score (nSPS) is 14.1. The summed E-state index contributed by atoms with van der Waals surface area (Å²) >= 11 is 5.86. The van der Waals surface area contributed by atoms with Gasteiger partial charge in [-0.2, -0.15) is 8.78 Å². The van der Waals surface area contributed by atoms with Gasteiger partial charge in [0.1, 0.15) is 5.75 Å². The average Bonchev–Trinajstić information content (AvgIpc) is 3.47. The van der Waals surface area contributed by atoms with E-state index in [4.69, 9.17) is 11.6 Å². The van der Waals surface area contributed by atoms with Crippen LogP contribution in [0.3, 0.4) is 0 Å². The van der Waals surface area contributed by atoms with Gasteiger partial charge < -0.3 is 10.1 Å². The number of ether oxygens (including phenoxy) is 1. The van der Waals surface area contributed by atoms with Crippen LogP contribution in [0, 0.1) is 5.92 Å². The highest BCUT2D eigenvalue weighted by Crippen LogP contribution is 2.29. The van der Waals surface area contributed by atoms with Crippen LogP contribution in [-0.4, -0.2) is 27.5 Å². The molecule has 0 heterocycles. The third-order valence-electron chi connectivity index (χ3n) is 4.07. The zero-order chi connectivity index (χ0) is 20.3. The Balaban J connectivity index is 1.71. The van der Waals surface area contributed by atoms with Crippen molar-refractivity contribution in [1.82, 2.24) is 4.72 Å². The SMILES string of the molecule is O=C(Nc1ccc(OC(F)F)c(Cl)c1)c1cccc(S(=O)(=O)NCC2CC2)c1. The van der Waals surface area contributed by atoms with Crippen LogP contribution in [0.2, 0.25) is 5.02 Å². The minimum atomic E-state index is -3.71. The van der Waals surface area contributed by atoms with E-state index < -0.39 is 22.5 Å². The molecule has 1 amide bonds. The maximum atomic E-state index is 12.4. The maximum Gasteiger partial charge on any atom is 0.387 e. The van der Waals surface area contributed by atoms with E-state index in [0.29, 0.717) is 12.5 Å². The molecule has 3 rings (SSSR count). The molecule has 2 N–H and O–H groups in total. The van der Waals surface area contributed by atoms with Crippen LogP contribution in [0.4, 0.5) is 14.5 Å². The molecule has 2 aromatic carbocycles. The molecule has 0 saturated heterocycles. The summed E-state index contributed by atoms with van der Waals surface area (Å²) in [5.74, 6) is -0.412. The van der Waals surface area contributed by atoms with Gasteiger partial charge in [0.2, 0.25) is 10.0 Å². The van der Waals surface area contributed by atoms with Crippen LogP contribution in [0.1, 0.15) is 23.2 Å². The van der Waals surface area contributed by atoms with Gasteiger partial charge in [-0.05, 0) is 55.2 Å². The van der Waals surface area contributed by atoms with E-state index in [1.807, 2.05) is 0 Å². The Labute approximate surface area is 165 Å². The van der Waals surface area contributed by atoms with Gasteiger partial charge in [-0.3, -0.25) is 4.79 Å². The Kier molecular flexibility index (Phi) is 6.17. The summed E-state index contributed by atoms with van der Waals surface area (Å²) in [6, 6.07) is 9.40. The highest BCUT2D eigenvalue weighted by Gasteiger charge is 2.24. The van der Waals surface area contributed by atoms with E-state index in [1.165, 1.54) is 42.5 Å². The first-order valence-corrected chi connectivity index (χ1v) is 10.3. The number of carbonyl (C=O) groups is 1. The predicted octanol–water partition coefficient (Wildman–Crippen LogP) is 3.88. The zero-order valence-corrected chi connectivity index (χ0v) is 16.1. The van der Waals surface area contributed by atoms with Crippen LogP contribution in [0.5, 0.6) is 5.75 Å². The van der Waals surface area contributed by atoms with E-state index in [1.54, 1.807) is 0 Å². The number of halogens is 3. The predicted molar refractivity (Wildman–Crippen MR) is 100 cm³/mol. The van der Waals surface area contributed by atoms with Gasteiger partial charge in [-0.25, -0.2) is 13.1 Å². The third kappa shape index (κ3) is 5.40. The fourth-order valence-corrected chi connectivity index (χ4v) is 3.80. The van der Waals surface area contributed by atoms with E-state index in [2.05, 4.69) is 14.8 Å². The number of anilines is 1. The lowest BCUT2D eigenvalue weighted by molar-refractivity contribution is -0.0497. The smallest absolute Gasteiger partial charge is 0.387 e. The van der Waals surface area contributed by atoms with Crippen LogP contribution in [0.25, 0.3) is 0 Å². The molecule has 2 aromatic rings. The molecule has 28 heavy (non-hydrogen) atoms. The second kappa shape index (κ2) is 8.42. The summed E-state index contributed by atoms with van der Waals surface area (Å²) in [4.78, 5) is 12.4. The minimum Gasteiger partial charge on any atom is -0.433 e. The Morgan fingerprint density at radius 1 is 1.21 bits per heavy atom. The summed E-state index contributed by atoms with van der Waals surface area (Å²) in [5.41, 5.74) is 0.370. The topological polar surface area (TPSA) is 84.5 Å². The summed E-state index contributed by atoms with van der Waals surface area (Å²) in [5, 5.41) is 2.44. The van der Waals surface area contributed by atoms with Gasteiger partial charge in [0.25, 0.3) is 5.91 Å². The second-order valence-corrected chi connectivity index (χ2v) is 8.48. The van der Waals surface area contributed by atoms with Crippen molar-refractivity contribution in [3.8, 4) is 5.75 Å². The number of alkyl halides is 2. The van der Waals surface area contributed by atoms with Crippen LogP contribution in [0.15, 0.2) is 47.4 Å². The van der Waals surface area contributed by atoms with Crippen molar-refractivity contribution in [2.75, 3.05) is 11.9 Å². The van der Waals surface area contributed by atoms with Crippen molar-refractivity contribution < 1.29 is 26.7 Å². The molecule has 0 radical (unpaired) electrons. The Hall–Kier alpha value is -2.23. The van der Waals surface area contributed by atoms with Crippen LogP contribution < -0.4 is 14.8 Å². The fourth-order valence-electron chi connectivity index (χ4n) is 2.41. The number of sulfonamides is 1. The van der Waals surface area contributed by atoms with Gasteiger partial charge in [0, 0.05) is 17.8 Å². The molecule has 1 aliphatic rings. The standard InChI is InChI=1S/C18H17ClF2N2O4S/c19-15-9-13(6-7-16(15)27-18(20)21)23-17(24)12-2-1-3-14(8-12)28(25,26)22-10-11-4-5-11/h1-3,6-9,11,18,22H,4-5,10H2,(H,23,24). The van der Waals surface area contributed by atoms with Gasteiger partial charge in [-0.1, -0.05) is 17.7 Å². The first kappa shape index (κ1) is 20.5. The van der Waals surface area contributed by atoms with E-state index in [0.717, 1.165) is 12.8 Å². The molecule has 1 saturated carbocycles. The molecule has 1 aliphatic carbocycles. The quantitative estimate of drug-likeness (QED) is 0.665. The number of hydrogen-bond donors (Lipinski definition) is 2. The lowest BCUT2D eigenvalue weighted by Gasteiger charge is -2.11. The molecule has 10 heteroatoms. The first-order valence-electron chi connectivity index (χ1n) is 8.40. The summed E-state index contributed by atoms with van der Waals surface area (Å²) < 4.78 is 56.0. The summed E-state index contributed by atoms with van der Waals surface area (Å²) in [6.45, 7) is -2.64. The number of carbonyl (C=O) groups excluding carboxylic acids is 1. The van der Waals surface area contributed by atoms with Gasteiger partial charge in [0.05, 0.1) is 9.92 Å². The molecule has 0 aliphatic heterocycles. The largest absolute Gasteiger partial charge is 0.433 e. The molecular weight excluding hydrogens is 414 g/mol. The maximum absolute atomic E-state index is 12.4. The zero-order valence-electron chi connectivity index (χ0n) is 14.5. The molecule has 0 atom stereocenters. The van der Waals surface area contributed by atoms with E-state index in [9.17, 15) is 22.0 Å². The van der Waals surface area contributed by atoms with Crippen molar-refractivity contribution in [2.45, 2.75) is 24.3 Å². The van der Waals surface area contributed by atoms with Crippen LogP contribution in [-0.2, 0) is 10.0 Å². The monoisotopic (exact) mass is 430 g/mol. The van der Waals surface area contributed by atoms with Crippen LogP contribution >= 0.6 is 11.6 Å². The number of hydrogen-bond acceptors (Lipinski definition) is 4. The number of amides is 1. The molecule has 150 valence electrons. The summed E-state index contributed by atoms with van der Waals surface area (Å²) in [6.07, 6.45) is 2.02.